The van der Waals surface area contributed by atoms with Crippen molar-refractivity contribution in [2.75, 3.05) is 25.0 Å². The number of nitrogens with zero attached hydrogens (tertiary/aromatic N) is 2. The van der Waals surface area contributed by atoms with Gasteiger partial charge in [0.05, 0.1) is 23.4 Å². The number of ether oxygens (including phenoxy) is 1. The van der Waals surface area contributed by atoms with Gasteiger partial charge in [-0.1, -0.05) is 18.2 Å². The highest BCUT2D eigenvalue weighted by molar-refractivity contribution is 6.07. The lowest BCUT2D eigenvalue weighted by Crippen LogP contribution is -2.36. The van der Waals surface area contributed by atoms with Crippen molar-refractivity contribution in [2.24, 2.45) is 0 Å². The number of hydrogen-bond acceptors (Lipinski definition) is 4. The van der Waals surface area contributed by atoms with Crippen LogP contribution in [0.3, 0.4) is 0 Å². The van der Waals surface area contributed by atoms with Gasteiger partial charge in [-0.2, -0.15) is 0 Å². The van der Waals surface area contributed by atoms with Gasteiger partial charge in [-0.25, -0.2) is 4.39 Å². The van der Waals surface area contributed by atoms with E-state index >= 15 is 0 Å². The number of halogens is 1. The zero-order valence-corrected chi connectivity index (χ0v) is 17.2. The van der Waals surface area contributed by atoms with E-state index in [1.54, 1.807) is 12.3 Å². The third-order valence-corrected chi connectivity index (χ3v) is 5.43. The molecule has 0 unspecified atom stereocenters. The van der Waals surface area contributed by atoms with Crippen LogP contribution in [0.4, 0.5) is 10.1 Å². The molecule has 0 bridgehead atoms. The second-order valence-electron chi connectivity index (χ2n) is 7.46. The molecule has 2 heterocycles. The molecule has 30 heavy (non-hydrogen) atoms. The van der Waals surface area contributed by atoms with Crippen LogP contribution in [0.25, 0.3) is 10.9 Å². The van der Waals surface area contributed by atoms with Gasteiger partial charge in [0.25, 0.3) is 5.91 Å². The summed E-state index contributed by atoms with van der Waals surface area (Å²) in [7, 11) is 0. The molecule has 6 heteroatoms. The molecule has 0 spiro atoms. The summed E-state index contributed by atoms with van der Waals surface area (Å²) in [6, 6.07) is 12.2. The van der Waals surface area contributed by atoms with Gasteiger partial charge in [0.15, 0.2) is 0 Å². The highest BCUT2D eigenvalue weighted by Gasteiger charge is 2.23. The number of carbonyl (C=O) groups excluding carboxylic acids is 1. The van der Waals surface area contributed by atoms with Crippen molar-refractivity contribution in [1.82, 2.24) is 9.88 Å². The van der Waals surface area contributed by atoms with E-state index in [4.69, 9.17) is 4.74 Å². The molecule has 1 aliphatic rings. The van der Waals surface area contributed by atoms with Crippen LogP contribution < -0.4 is 10.1 Å². The summed E-state index contributed by atoms with van der Waals surface area (Å²) < 4.78 is 19.8. The van der Waals surface area contributed by atoms with Gasteiger partial charge in [-0.3, -0.25) is 9.78 Å². The summed E-state index contributed by atoms with van der Waals surface area (Å²) in [4.78, 5) is 19.5. The molecule has 0 aliphatic carbocycles. The molecule has 3 aromatic rings. The largest absolute Gasteiger partial charge is 0.494 e. The average molecular weight is 407 g/mol. The maximum Gasteiger partial charge on any atom is 0.257 e. The number of carbonyl (C=O) groups is 1. The minimum absolute atomic E-state index is 0.0612. The molecule has 1 N–H and O–H groups in total. The van der Waals surface area contributed by atoms with Gasteiger partial charge in [0.1, 0.15) is 11.6 Å². The third-order valence-electron chi connectivity index (χ3n) is 5.43. The van der Waals surface area contributed by atoms with E-state index in [1.807, 2.05) is 36.1 Å². The number of para-hydroxylation sites is 1. The van der Waals surface area contributed by atoms with Crippen LogP contribution in [0, 0.1) is 5.82 Å². The number of benzene rings is 2. The van der Waals surface area contributed by atoms with Gasteiger partial charge in [0.2, 0.25) is 0 Å². The Bertz CT molecular complexity index is 1050. The van der Waals surface area contributed by atoms with Crippen LogP contribution in [0.15, 0.2) is 48.7 Å². The van der Waals surface area contributed by atoms with E-state index in [0.29, 0.717) is 35.3 Å². The van der Waals surface area contributed by atoms with Crippen LogP contribution in [0.2, 0.25) is 0 Å². The molecule has 1 fully saturated rings. The fourth-order valence-corrected chi connectivity index (χ4v) is 3.91. The summed E-state index contributed by atoms with van der Waals surface area (Å²) in [5, 5.41) is 3.99. The molecule has 2 aromatic carbocycles. The molecule has 1 aromatic heterocycles. The number of hydrogen-bond donors (Lipinski definition) is 1. The van der Waals surface area contributed by atoms with Gasteiger partial charge >= 0.3 is 0 Å². The maximum atomic E-state index is 14.1. The number of fused-ring (bicyclic) bond motifs is 1. The molecule has 0 atom stereocenters. The Hall–Kier alpha value is -3.15. The number of rotatable bonds is 6. The fraction of sp³-hybridized carbons (Fsp3) is 0.333. The van der Waals surface area contributed by atoms with Gasteiger partial charge in [-0.15, -0.1) is 0 Å². The molecule has 0 radical (unpaired) electrons. The Kier molecular flexibility index (Phi) is 6.12. The lowest BCUT2D eigenvalue weighted by molar-refractivity contribution is 0.0725. The molecule has 5 nitrogen and oxygen atoms in total. The third kappa shape index (κ3) is 4.22. The van der Waals surface area contributed by atoms with Crippen molar-refractivity contribution in [1.29, 1.82) is 0 Å². The first kappa shape index (κ1) is 20.1. The van der Waals surface area contributed by atoms with E-state index in [0.717, 1.165) is 43.7 Å². The zero-order valence-electron chi connectivity index (χ0n) is 17.2. The van der Waals surface area contributed by atoms with Crippen molar-refractivity contribution in [2.45, 2.75) is 32.7 Å². The SMILES string of the molecule is CCOc1ccccc1CNc1c(C(=O)N2CCCCC2)cnc2ccc(F)cc12. The van der Waals surface area contributed by atoms with Gasteiger partial charge < -0.3 is 15.0 Å². The molecule has 4 rings (SSSR count). The smallest absolute Gasteiger partial charge is 0.257 e. The second-order valence-corrected chi connectivity index (χ2v) is 7.46. The number of amides is 1. The summed E-state index contributed by atoms with van der Waals surface area (Å²) in [5.41, 5.74) is 2.70. The lowest BCUT2D eigenvalue weighted by Gasteiger charge is -2.28. The predicted octanol–water partition coefficient (Wildman–Crippen LogP) is 5.01. The Morgan fingerprint density at radius 3 is 2.77 bits per heavy atom. The Balaban J connectivity index is 1.72. The molecule has 1 amide bonds. The Morgan fingerprint density at radius 1 is 1.17 bits per heavy atom. The highest BCUT2D eigenvalue weighted by atomic mass is 19.1. The molecular formula is C24H26FN3O2. The molecule has 0 saturated carbocycles. The molecule has 1 aliphatic heterocycles. The quantitative estimate of drug-likeness (QED) is 0.624. The van der Waals surface area contributed by atoms with Crippen LogP contribution >= 0.6 is 0 Å². The summed E-state index contributed by atoms with van der Waals surface area (Å²) in [6.45, 7) is 4.45. The monoisotopic (exact) mass is 407 g/mol. The van der Waals surface area contributed by atoms with Crippen LogP contribution in [-0.4, -0.2) is 35.5 Å². The minimum Gasteiger partial charge on any atom is -0.494 e. The van der Waals surface area contributed by atoms with E-state index in [-0.39, 0.29) is 11.7 Å². The Morgan fingerprint density at radius 2 is 1.97 bits per heavy atom. The number of piperidine rings is 1. The highest BCUT2D eigenvalue weighted by Crippen LogP contribution is 2.30. The normalized spacial score (nSPS) is 14.0. The van der Waals surface area contributed by atoms with E-state index in [9.17, 15) is 9.18 Å². The number of pyridine rings is 1. The van der Waals surface area contributed by atoms with Crippen molar-refractivity contribution >= 4 is 22.5 Å². The summed E-state index contributed by atoms with van der Waals surface area (Å²) in [6.07, 6.45) is 4.76. The topological polar surface area (TPSA) is 54.5 Å². The number of likely N-dealkylation sites (tertiary alicyclic amines) is 1. The first-order valence-corrected chi connectivity index (χ1v) is 10.5. The fourth-order valence-electron chi connectivity index (χ4n) is 3.91. The van der Waals surface area contributed by atoms with Crippen LogP contribution in [-0.2, 0) is 6.54 Å². The first-order valence-electron chi connectivity index (χ1n) is 10.5. The minimum atomic E-state index is -0.357. The number of nitrogens with one attached hydrogen (secondary N) is 1. The number of anilines is 1. The van der Waals surface area contributed by atoms with E-state index < -0.39 is 0 Å². The lowest BCUT2D eigenvalue weighted by atomic mass is 10.1. The van der Waals surface area contributed by atoms with Crippen LogP contribution in [0.1, 0.15) is 42.1 Å². The van der Waals surface area contributed by atoms with Crippen molar-refractivity contribution in [3.8, 4) is 5.75 Å². The second kappa shape index (κ2) is 9.11. The van der Waals surface area contributed by atoms with E-state index in [2.05, 4.69) is 10.3 Å². The number of aromatic nitrogens is 1. The van der Waals surface area contributed by atoms with Crippen LogP contribution in [0.5, 0.6) is 5.75 Å². The van der Waals surface area contributed by atoms with Crippen molar-refractivity contribution in [3.63, 3.8) is 0 Å². The standard InChI is InChI=1S/C24H26FN3O2/c1-2-30-22-9-5-4-8-17(22)15-27-23-19-14-18(25)10-11-21(19)26-16-20(23)24(29)28-12-6-3-7-13-28/h4-5,8-11,14,16H,2-3,6-7,12-13,15H2,1H3,(H,26,27). The summed E-state index contributed by atoms with van der Waals surface area (Å²) in [5.74, 6) is 0.375. The summed E-state index contributed by atoms with van der Waals surface area (Å²) >= 11 is 0. The van der Waals surface area contributed by atoms with E-state index in [1.165, 1.54) is 12.1 Å². The van der Waals surface area contributed by atoms with Gasteiger partial charge in [-0.05, 0) is 50.5 Å². The average Bonchev–Trinajstić information content (AvgIpc) is 2.78. The predicted molar refractivity (Wildman–Crippen MR) is 116 cm³/mol. The first-order chi connectivity index (χ1) is 14.7. The maximum absolute atomic E-state index is 14.1. The van der Waals surface area contributed by atoms with Crippen molar-refractivity contribution in [3.05, 3.63) is 65.6 Å². The molecule has 156 valence electrons. The zero-order chi connectivity index (χ0) is 20.9. The Labute approximate surface area is 175 Å². The van der Waals surface area contributed by atoms with Crippen molar-refractivity contribution < 1.29 is 13.9 Å². The molecule has 1 saturated heterocycles. The molecular weight excluding hydrogens is 381 g/mol. The van der Waals surface area contributed by atoms with Gasteiger partial charge in [0, 0.05) is 36.8 Å².